The highest BCUT2D eigenvalue weighted by molar-refractivity contribution is 14.1. The fourth-order valence-electron chi connectivity index (χ4n) is 11.3. The molecule has 4 aliphatic carbocycles. The summed E-state index contributed by atoms with van der Waals surface area (Å²) in [7, 11) is 1.32. The third-order valence-electron chi connectivity index (χ3n) is 13.0. The Morgan fingerprint density at radius 3 is 2.55 bits per heavy atom. The predicted molar refractivity (Wildman–Crippen MR) is 153 cm³/mol. The number of methoxy groups -OCH3 is 1. The molecule has 13 heteroatoms. The summed E-state index contributed by atoms with van der Waals surface area (Å²) in [5.74, 6) is -3.37. The summed E-state index contributed by atoms with van der Waals surface area (Å²) >= 11 is 2.21. The van der Waals surface area contributed by atoms with Crippen LogP contribution in [0.2, 0.25) is 0 Å². The summed E-state index contributed by atoms with van der Waals surface area (Å²) in [6, 6.07) is 1.75. The standard InChI is InChI=1S/C31H37IO12/c1-14(2)21(35)41-23-27(32)13-29-26(4,17(27)11-18(33)38-5)28-8-7-25(3)16(10-19(34)40-20(25)15-6-9-39-12-15)31(28,22(36)30(23,29)37)44-24(42-28)43-29/h6,9,12,14,16-17,20,22-24,36-37H,7-8,10-11,13H2,1-5H3/t16?,17?,20?,22-,23?,24?,25?,26?,27?,28?,29?,30?,31?/m0/s1. The van der Waals surface area contributed by atoms with Gasteiger partial charge >= 0.3 is 17.9 Å². The monoisotopic (exact) mass is 728 g/mol. The highest BCUT2D eigenvalue weighted by atomic mass is 127. The number of carbonyl (C=O) groups excluding carboxylic acids is 3. The minimum atomic E-state index is -2.17. The van der Waals surface area contributed by atoms with Crippen molar-refractivity contribution in [2.75, 3.05) is 7.11 Å². The minimum Gasteiger partial charge on any atom is -0.472 e. The molecule has 8 rings (SSSR count). The topological polar surface area (TPSA) is 160 Å². The first kappa shape index (κ1) is 29.6. The molecule has 2 N–H and O–H groups in total. The van der Waals surface area contributed by atoms with Gasteiger partial charge in [-0.1, -0.05) is 50.3 Å². The van der Waals surface area contributed by atoms with Crippen molar-refractivity contribution >= 4 is 40.5 Å². The molecule has 12 nitrogen and oxygen atoms in total. The van der Waals surface area contributed by atoms with E-state index in [1.54, 1.807) is 26.2 Å². The van der Waals surface area contributed by atoms with Crippen LogP contribution >= 0.6 is 22.6 Å². The van der Waals surface area contributed by atoms with Gasteiger partial charge in [-0.2, -0.15) is 0 Å². The Labute approximate surface area is 267 Å². The SMILES string of the molecule is COC(=O)CC1C2(I)CC34OC5OC6(C7CC(=O)OC(c8ccoc8)C7(C)CCC6(O5)C13C)[C@@H](O)C4(O)C2OC(=O)C(C)C. The number of esters is 3. The molecular formula is C31H37IO12. The predicted octanol–water partition coefficient (Wildman–Crippen LogP) is 2.71. The van der Waals surface area contributed by atoms with Crippen molar-refractivity contribution in [1.82, 2.24) is 0 Å². The number of hydrogen-bond acceptors (Lipinski definition) is 12. The lowest BCUT2D eigenvalue weighted by molar-refractivity contribution is -0.447. The summed E-state index contributed by atoms with van der Waals surface area (Å²) in [5.41, 5.74) is -7.94. The Morgan fingerprint density at radius 2 is 1.89 bits per heavy atom. The maximum absolute atomic E-state index is 13.4. The zero-order chi connectivity index (χ0) is 31.5. The number of hydrogen-bond donors (Lipinski definition) is 2. The second-order valence-corrected chi connectivity index (χ2v) is 16.6. The van der Waals surface area contributed by atoms with Crippen molar-refractivity contribution in [2.24, 2.45) is 28.6 Å². The van der Waals surface area contributed by atoms with E-state index in [-0.39, 0.29) is 19.3 Å². The van der Waals surface area contributed by atoms with E-state index < -0.39 is 97.1 Å². The van der Waals surface area contributed by atoms with Crippen LogP contribution in [0.5, 0.6) is 0 Å². The number of cyclic esters (lactones) is 1. The molecule has 44 heavy (non-hydrogen) atoms. The van der Waals surface area contributed by atoms with Gasteiger partial charge in [-0.3, -0.25) is 14.4 Å². The first-order valence-electron chi connectivity index (χ1n) is 15.2. The van der Waals surface area contributed by atoms with Gasteiger partial charge in [-0.25, -0.2) is 0 Å². The van der Waals surface area contributed by atoms with E-state index in [0.717, 1.165) is 0 Å². The molecule has 12 unspecified atom stereocenters. The highest BCUT2D eigenvalue weighted by Gasteiger charge is 3.02. The zero-order valence-electron chi connectivity index (χ0n) is 25.2. The van der Waals surface area contributed by atoms with E-state index in [4.69, 9.17) is 32.8 Å². The van der Waals surface area contributed by atoms with Crippen LogP contribution < -0.4 is 0 Å². The molecule has 1 aromatic rings. The first-order chi connectivity index (χ1) is 20.6. The molecule has 1 aromatic heterocycles. The van der Waals surface area contributed by atoms with E-state index in [0.29, 0.717) is 18.4 Å². The average molecular weight is 729 g/mol. The number of fused-ring (bicyclic) bond motifs is 3. The minimum absolute atomic E-state index is 0.0730. The molecule has 3 aliphatic heterocycles. The van der Waals surface area contributed by atoms with Crippen LogP contribution in [0.25, 0.3) is 0 Å². The number of carbonyl (C=O) groups is 3. The largest absolute Gasteiger partial charge is 0.472 e. The molecule has 0 amide bonds. The molecule has 240 valence electrons. The van der Waals surface area contributed by atoms with Gasteiger partial charge in [0, 0.05) is 22.3 Å². The highest BCUT2D eigenvalue weighted by Crippen LogP contribution is 2.88. The molecule has 2 spiro atoms. The molecule has 13 atom stereocenters. The Kier molecular flexibility index (Phi) is 5.77. The van der Waals surface area contributed by atoms with Crippen LogP contribution in [0.3, 0.4) is 0 Å². The normalized spacial score (nSPS) is 54.2. The van der Waals surface area contributed by atoms with E-state index in [1.165, 1.54) is 13.4 Å². The maximum atomic E-state index is 13.4. The molecule has 0 radical (unpaired) electrons. The zero-order valence-corrected chi connectivity index (χ0v) is 27.3. The quantitative estimate of drug-likeness (QED) is 0.198. The number of ether oxygens (including phenoxy) is 6. The lowest BCUT2D eigenvalue weighted by Crippen LogP contribution is -2.93. The number of aliphatic hydroxyl groups is 2. The molecule has 0 aromatic carbocycles. The van der Waals surface area contributed by atoms with Crippen molar-refractivity contribution in [2.45, 2.75) is 110 Å². The third-order valence-corrected chi connectivity index (χ3v) is 14.7. The molecule has 3 saturated heterocycles. The van der Waals surface area contributed by atoms with Crippen molar-refractivity contribution in [3.05, 3.63) is 24.2 Å². The summed E-state index contributed by atoms with van der Waals surface area (Å²) in [6.07, 6.45) is 0.217. The van der Waals surface area contributed by atoms with E-state index in [9.17, 15) is 24.6 Å². The van der Waals surface area contributed by atoms with Crippen molar-refractivity contribution in [1.29, 1.82) is 0 Å². The van der Waals surface area contributed by atoms with Crippen LogP contribution in [-0.2, 0) is 42.8 Å². The summed E-state index contributed by atoms with van der Waals surface area (Å²) in [4.78, 5) is 39.8. The molecule has 4 saturated carbocycles. The van der Waals surface area contributed by atoms with Crippen LogP contribution in [0.4, 0.5) is 0 Å². The van der Waals surface area contributed by atoms with Gasteiger partial charge in [0.1, 0.15) is 29.0 Å². The Balaban J connectivity index is 1.39. The smallest absolute Gasteiger partial charge is 0.308 e. The number of aliphatic hydroxyl groups excluding tert-OH is 1. The molecular weight excluding hydrogens is 691 g/mol. The van der Waals surface area contributed by atoms with E-state index in [1.807, 2.05) is 13.8 Å². The second-order valence-electron chi connectivity index (χ2n) is 14.6. The van der Waals surface area contributed by atoms with Gasteiger partial charge in [0.05, 0.1) is 41.8 Å². The number of halogens is 1. The molecule has 7 aliphatic rings. The average Bonchev–Trinajstić information content (AvgIpc) is 3.68. The van der Waals surface area contributed by atoms with Crippen LogP contribution in [0.1, 0.15) is 71.5 Å². The molecule has 4 heterocycles. The lowest BCUT2D eigenvalue weighted by Gasteiger charge is -2.76. The van der Waals surface area contributed by atoms with Gasteiger partial charge in [-0.15, -0.1) is 0 Å². The van der Waals surface area contributed by atoms with Crippen molar-refractivity contribution in [3.63, 3.8) is 0 Å². The fraction of sp³-hybridized carbons (Fsp3) is 0.774. The van der Waals surface area contributed by atoms with Crippen molar-refractivity contribution < 1.29 is 57.4 Å². The Bertz CT molecular complexity index is 1460. The molecule has 4 bridgehead atoms. The lowest BCUT2D eigenvalue weighted by atomic mass is 9.34. The van der Waals surface area contributed by atoms with Crippen molar-refractivity contribution in [3.8, 4) is 0 Å². The van der Waals surface area contributed by atoms with Gasteiger partial charge in [0.15, 0.2) is 11.7 Å². The van der Waals surface area contributed by atoms with E-state index >= 15 is 0 Å². The summed E-state index contributed by atoms with van der Waals surface area (Å²) in [6.45, 7) is 6.05. The number of alkyl halides is 1. The Morgan fingerprint density at radius 1 is 1.16 bits per heavy atom. The summed E-state index contributed by atoms with van der Waals surface area (Å²) < 4.78 is 41.8. The van der Waals surface area contributed by atoms with Gasteiger partial charge in [0.25, 0.3) is 6.48 Å². The van der Waals surface area contributed by atoms with Gasteiger partial charge < -0.3 is 43.1 Å². The molecule has 7 fully saturated rings. The van der Waals surface area contributed by atoms with E-state index in [2.05, 4.69) is 22.6 Å². The first-order valence-corrected chi connectivity index (χ1v) is 16.3. The Hall–Kier alpha value is -1.78. The maximum Gasteiger partial charge on any atom is 0.308 e. The van der Waals surface area contributed by atoms with Crippen LogP contribution in [-0.4, -0.2) is 79.7 Å². The second kappa shape index (κ2) is 8.57. The third kappa shape index (κ3) is 2.78. The summed E-state index contributed by atoms with van der Waals surface area (Å²) in [5, 5.41) is 26.0. The number of rotatable bonds is 5. The van der Waals surface area contributed by atoms with Gasteiger partial charge in [-0.05, 0) is 31.2 Å². The van der Waals surface area contributed by atoms with Crippen LogP contribution in [0, 0.1) is 28.6 Å². The van der Waals surface area contributed by atoms with Gasteiger partial charge in [0.2, 0.25) is 0 Å². The van der Waals surface area contributed by atoms with Crippen LogP contribution in [0.15, 0.2) is 23.0 Å². The number of furan rings is 1. The fourth-order valence-corrected chi connectivity index (χ4v) is 13.3.